The highest BCUT2D eigenvalue weighted by Crippen LogP contribution is 2.26. The van der Waals surface area contributed by atoms with Crippen LogP contribution in [0.2, 0.25) is 0 Å². The lowest BCUT2D eigenvalue weighted by atomic mass is 9.90. The van der Waals surface area contributed by atoms with Crippen LogP contribution in [0.5, 0.6) is 0 Å². The number of anilines is 1. The van der Waals surface area contributed by atoms with Crippen LogP contribution >= 0.6 is 11.8 Å². The highest BCUT2D eigenvalue weighted by molar-refractivity contribution is 7.98. The SMILES string of the molecule is CCC(CSC)N(C)c1cc(CN)cc(C(C)(C)C)n1. The highest BCUT2D eigenvalue weighted by atomic mass is 32.2. The van der Waals surface area contributed by atoms with Gasteiger partial charge >= 0.3 is 0 Å². The first-order valence-corrected chi connectivity index (χ1v) is 8.66. The van der Waals surface area contributed by atoms with Gasteiger partial charge in [-0.2, -0.15) is 11.8 Å². The van der Waals surface area contributed by atoms with E-state index in [1.807, 2.05) is 11.8 Å². The lowest BCUT2D eigenvalue weighted by Crippen LogP contribution is -2.34. The number of hydrogen-bond acceptors (Lipinski definition) is 4. The van der Waals surface area contributed by atoms with Crippen molar-refractivity contribution in [1.29, 1.82) is 0 Å². The van der Waals surface area contributed by atoms with Crippen molar-refractivity contribution < 1.29 is 0 Å². The summed E-state index contributed by atoms with van der Waals surface area (Å²) in [6.45, 7) is 9.37. The number of nitrogens with two attached hydrogens (primary N) is 1. The molecular formula is C16H29N3S. The molecule has 1 heterocycles. The maximum Gasteiger partial charge on any atom is 0.129 e. The van der Waals surface area contributed by atoms with E-state index in [9.17, 15) is 0 Å². The summed E-state index contributed by atoms with van der Waals surface area (Å²) >= 11 is 1.88. The maximum absolute atomic E-state index is 5.85. The van der Waals surface area contributed by atoms with Gasteiger partial charge in [-0.25, -0.2) is 4.98 Å². The Labute approximate surface area is 128 Å². The van der Waals surface area contributed by atoms with Crippen LogP contribution in [-0.2, 0) is 12.0 Å². The molecule has 1 aromatic rings. The molecule has 0 spiro atoms. The number of pyridine rings is 1. The van der Waals surface area contributed by atoms with E-state index in [1.165, 1.54) is 0 Å². The van der Waals surface area contributed by atoms with E-state index in [2.05, 4.69) is 58.0 Å². The van der Waals surface area contributed by atoms with Crippen molar-refractivity contribution in [2.24, 2.45) is 5.73 Å². The highest BCUT2D eigenvalue weighted by Gasteiger charge is 2.20. The predicted molar refractivity (Wildman–Crippen MR) is 91.7 cm³/mol. The quantitative estimate of drug-likeness (QED) is 0.873. The van der Waals surface area contributed by atoms with Crippen molar-refractivity contribution >= 4 is 17.6 Å². The van der Waals surface area contributed by atoms with Gasteiger partial charge in [-0.05, 0) is 30.4 Å². The van der Waals surface area contributed by atoms with E-state index in [-0.39, 0.29) is 5.41 Å². The lowest BCUT2D eigenvalue weighted by molar-refractivity contribution is 0.564. The fourth-order valence-corrected chi connectivity index (χ4v) is 2.98. The zero-order valence-corrected chi connectivity index (χ0v) is 14.5. The van der Waals surface area contributed by atoms with Crippen molar-refractivity contribution in [3.63, 3.8) is 0 Å². The normalized spacial score (nSPS) is 13.3. The first kappa shape index (κ1) is 17.3. The molecule has 4 heteroatoms. The summed E-state index contributed by atoms with van der Waals surface area (Å²) < 4.78 is 0. The summed E-state index contributed by atoms with van der Waals surface area (Å²) in [5, 5.41) is 0. The molecule has 20 heavy (non-hydrogen) atoms. The van der Waals surface area contributed by atoms with Gasteiger partial charge in [-0.15, -0.1) is 0 Å². The molecule has 0 aliphatic carbocycles. The van der Waals surface area contributed by atoms with Gasteiger partial charge in [0.05, 0.1) is 0 Å². The minimum absolute atomic E-state index is 0.0436. The van der Waals surface area contributed by atoms with Crippen molar-refractivity contribution in [3.8, 4) is 0 Å². The molecule has 3 nitrogen and oxygen atoms in total. The molecule has 1 rings (SSSR count). The van der Waals surface area contributed by atoms with Crippen molar-refractivity contribution in [2.75, 3.05) is 24.0 Å². The van der Waals surface area contributed by atoms with Crippen LogP contribution in [0, 0.1) is 0 Å². The van der Waals surface area contributed by atoms with E-state index in [0.717, 1.165) is 29.2 Å². The van der Waals surface area contributed by atoms with Crippen LogP contribution in [0.4, 0.5) is 5.82 Å². The van der Waals surface area contributed by atoms with Gasteiger partial charge in [0.1, 0.15) is 5.82 Å². The molecule has 0 aliphatic rings. The molecule has 0 saturated heterocycles. The average molecular weight is 295 g/mol. The molecule has 0 amide bonds. The van der Waals surface area contributed by atoms with Crippen LogP contribution in [0.1, 0.15) is 45.4 Å². The lowest BCUT2D eigenvalue weighted by Gasteiger charge is -2.30. The Morgan fingerprint density at radius 3 is 2.45 bits per heavy atom. The molecule has 0 fully saturated rings. The smallest absolute Gasteiger partial charge is 0.129 e. The number of thioether (sulfide) groups is 1. The van der Waals surface area contributed by atoms with Crippen molar-refractivity contribution in [2.45, 2.75) is 52.1 Å². The number of aromatic nitrogens is 1. The minimum Gasteiger partial charge on any atom is -0.356 e. The predicted octanol–water partition coefficient (Wildman–Crippen LogP) is 3.42. The molecular weight excluding hydrogens is 266 g/mol. The molecule has 0 aromatic carbocycles. The molecule has 0 radical (unpaired) electrons. The third kappa shape index (κ3) is 4.38. The summed E-state index contributed by atoms with van der Waals surface area (Å²) in [5.74, 6) is 2.16. The monoisotopic (exact) mass is 295 g/mol. The number of hydrogen-bond donors (Lipinski definition) is 1. The first-order valence-electron chi connectivity index (χ1n) is 7.26. The second kappa shape index (κ2) is 7.32. The van der Waals surface area contributed by atoms with Gasteiger partial charge in [0, 0.05) is 36.5 Å². The van der Waals surface area contributed by atoms with Gasteiger partial charge < -0.3 is 10.6 Å². The topological polar surface area (TPSA) is 42.1 Å². The van der Waals surface area contributed by atoms with Crippen LogP contribution in [-0.4, -0.2) is 30.1 Å². The molecule has 2 N–H and O–H groups in total. The summed E-state index contributed by atoms with van der Waals surface area (Å²) in [6.07, 6.45) is 3.28. The first-order chi connectivity index (χ1) is 9.33. The van der Waals surface area contributed by atoms with Gasteiger partial charge in [-0.1, -0.05) is 27.7 Å². The maximum atomic E-state index is 5.85. The van der Waals surface area contributed by atoms with Gasteiger partial charge in [0.15, 0.2) is 0 Å². The minimum atomic E-state index is 0.0436. The third-order valence-corrected chi connectivity index (χ3v) is 4.33. The van der Waals surface area contributed by atoms with E-state index < -0.39 is 0 Å². The summed E-state index contributed by atoms with van der Waals surface area (Å²) in [4.78, 5) is 7.16. The fraction of sp³-hybridized carbons (Fsp3) is 0.688. The number of nitrogens with zero attached hydrogens (tertiary/aromatic N) is 2. The van der Waals surface area contributed by atoms with E-state index in [1.54, 1.807) is 0 Å². The Morgan fingerprint density at radius 1 is 1.35 bits per heavy atom. The average Bonchev–Trinajstić information content (AvgIpc) is 2.42. The van der Waals surface area contributed by atoms with E-state index in [4.69, 9.17) is 10.7 Å². The fourth-order valence-electron chi connectivity index (χ4n) is 2.14. The molecule has 1 unspecified atom stereocenters. The standard InChI is InChI=1S/C16H29N3S/c1-7-13(11-20-6)19(5)15-9-12(10-17)8-14(18-15)16(2,3)4/h8-9,13H,7,10-11,17H2,1-6H3. The van der Waals surface area contributed by atoms with Crippen LogP contribution in [0.3, 0.4) is 0 Å². The molecule has 1 aromatic heterocycles. The summed E-state index contributed by atoms with van der Waals surface area (Å²) in [5.41, 5.74) is 8.16. The zero-order valence-electron chi connectivity index (χ0n) is 13.7. The molecule has 0 aliphatic heterocycles. The van der Waals surface area contributed by atoms with E-state index >= 15 is 0 Å². The Hall–Kier alpha value is -0.740. The molecule has 0 saturated carbocycles. The molecule has 114 valence electrons. The second-order valence-electron chi connectivity index (χ2n) is 6.30. The Bertz CT molecular complexity index is 426. The van der Waals surface area contributed by atoms with Gasteiger partial charge in [-0.3, -0.25) is 0 Å². The van der Waals surface area contributed by atoms with Crippen molar-refractivity contribution in [3.05, 3.63) is 23.4 Å². The summed E-state index contributed by atoms with van der Waals surface area (Å²) in [6, 6.07) is 4.77. The van der Waals surface area contributed by atoms with Crippen molar-refractivity contribution in [1.82, 2.24) is 4.98 Å². The molecule has 0 bridgehead atoms. The van der Waals surface area contributed by atoms with Gasteiger partial charge in [0.25, 0.3) is 0 Å². The van der Waals surface area contributed by atoms with Crippen LogP contribution in [0.25, 0.3) is 0 Å². The van der Waals surface area contributed by atoms with Gasteiger partial charge in [0.2, 0.25) is 0 Å². The zero-order chi connectivity index (χ0) is 15.3. The second-order valence-corrected chi connectivity index (χ2v) is 7.21. The van der Waals surface area contributed by atoms with Crippen LogP contribution in [0.15, 0.2) is 12.1 Å². The number of rotatable bonds is 6. The Balaban J connectivity index is 3.16. The van der Waals surface area contributed by atoms with E-state index in [0.29, 0.717) is 12.6 Å². The molecule has 1 atom stereocenters. The summed E-state index contributed by atoms with van der Waals surface area (Å²) in [7, 11) is 2.14. The Kier molecular flexibility index (Phi) is 6.34. The van der Waals surface area contributed by atoms with Crippen LogP contribution < -0.4 is 10.6 Å². The largest absolute Gasteiger partial charge is 0.356 e. The third-order valence-electron chi connectivity index (χ3n) is 3.62. The Morgan fingerprint density at radius 2 is 2.00 bits per heavy atom.